The molecule has 0 aromatic heterocycles. The minimum atomic E-state index is -0.408. The Morgan fingerprint density at radius 2 is 2.00 bits per heavy atom. The first kappa shape index (κ1) is 17.5. The smallest absolute Gasteiger partial charge is 0.254 e. The van der Waals surface area contributed by atoms with Gasteiger partial charge in [-0.1, -0.05) is 23.2 Å². The minimum absolute atomic E-state index is 0.0605. The molecule has 2 aliphatic heterocycles. The number of piperidine rings is 1. The van der Waals surface area contributed by atoms with Gasteiger partial charge in [0.15, 0.2) is 0 Å². The lowest BCUT2D eigenvalue weighted by atomic mass is 10.1. The van der Waals surface area contributed by atoms with E-state index in [-0.39, 0.29) is 17.9 Å². The SMILES string of the molecule is O=C(N[C@H]1CCCNC1)C1CCCN1C(=O)c1ccc(Cl)c(Cl)c1. The summed E-state index contributed by atoms with van der Waals surface area (Å²) in [6.45, 7) is 2.37. The second kappa shape index (κ2) is 7.72. The Labute approximate surface area is 151 Å². The summed E-state index contributed by atoms with van der Waals surface area (Å²) in [6, 6.07) is 4.55. The molecule has 2 fully saturated rings. The van der Waals surface area contributed by atoms with Crippen LogP contribution in [-0.2, 0) is 4.79 Å². The van der Waals surface area contributed by atoms with Crippen LogP contribution >= 0.6 is 23.2 Å². The molecule has 7 heteroatoms. The topological polar surface area (TPSA) is 61.4 Å². The molecule has 2 aliphatic rings. The molecule has 0 saturated carbocycles. The van der Waals surface area contributed by atoms with Gasteiger partial charge in [0, 0.05) is 24.7 Å². The lowest BCUT2D eigenvalue weighted by molar-refractivity contribution is -0.125. The number of amides is 2. The summed E-state index contributed by atoms with van der Waals surface area (Å²) < 4.78 is 0. The van der Waals surface area contributed by atoms with Gasteiger partial charge in [-0.05, 0) is 50.4 Å². The molecule has 0 bridgehead atoms. The quantitative estimate of drug-likeness (QED) is 0.860. The maximum atomic E-state index is 12.7. The van der Waals surface area contributed by atoms with Crippen molar-refractivity contribution >= 4 is 35.0 Å². The summed E-state index contributed by atoms with van der Waals surface area (Å²) in [4.78, 5) is 27.0. The van der Waals surface area contributed by atoms with Crippen molar-refractivity contribution in [2.45, 2.75) is 37.8 Å². The standard InChI is InChI=1S/C17H21Cl2N3O2/c18-13-6-5-11(9-14(13)19)17(24)22-8-2-4-15(22)16(23)21-12-3-1-7-20-10-12/h5-6,9,12,15,20H,1-4,7-8,10H2,(H,21,23)/t12-,15?/m0/s1. The minimum Gasteiger partial charge on any atom is -0.350 e. The van der Waals surface area contributed by atoms with E-state index in [2.05, 4.69) is 10.6 Å². The van der Waals surface area contributed by atoms with Crippen molar-refractivity contribution in [1.29, 1.82) is 0 Å². The highest BCUT2D eigenvalue weighted by Crippen LogP contribution is 2.26. The zero-order valence-electron chi connectivity index (χ0n) is 13.4. The molecule has 2 atom stereocenters. The van der Waals surface area contributed by atoms with Gasteiger partial charge in [-0.25, -0.2) is 0 Å². The molecular formula is C17H21Cl2N3O2. The third-order valence-electron chi connectivity index (χ3n) is 4.63. The lowest BCUT2D eigenvalue weighted by Crippen LogP contribution is -2.52. The number of hydrogen-bond acceptors (Lipinski definition) is 3. The first-order valence-electron chi connectivity index (χ1n) is 8.33. The fraction of sp³-hybridized carbons (Fsp3) is 0.529. The number of hydrogen-bond donors (Lipinski definition) is 2. The first-order chi connectivity index (χ1) is 11.6. The fourth-order valence-corrected chi connectivity index (χ4v) is 3.65. The van der Waals surface area contributed by atoms with Gasteiger partial charge in [0.2, 0.25) is 5.91 Å². The van der Waals surface area contributed by atoms with Gasteiger partial charge in [0.1, 0.15) is 6.04 Å². The van der Waals surface area contributed by atoms with Crippen molar-refractivity contribution in [3.05, 3.63) is 33.8 Å². The largest absolute Gasteiger partial charge is 0.350 e. The summed E-state index contributed by atoms with van der Waals surface area (Å²) in [5.74, 6) is -0.234. The van der Waals surface area contributed by atoms with E-state index >= 15 is 0 Å². The molecular weight excluding hydrogens is 349 g/mol. The van der Waals surface area contributed by atoms with E-state index in [1.54, 1.807) is 23.1 Å². The Kier molecular flexibility index (Phi) is 5.64. The van der Waals surface area contributed by atoms with Crippen LogP contribution in [0.5, 0.6) is 0 Å². The average molecular weight is 370 g/mol. The van der Waals surface area contributed by atoms with E-state index in [0.29, 0.717) is 28.6 Å². The highest BCUT2D eigenvalue weighted by molar-refractivity contribution is 6.42. The molecule has 1 aromatic rings. The van der Waals surface area contributed by atoms with Crippen molar-refractivity contribution in [1.82, 2.24) is 15.5 Å². The number of nitrogens with zero attached hydrogens (tertiary/aromatic N) is 1. The Morgan fingerprint density at radius 3 is 2.71 bits per heavy atom. The van der Waals surface area contributed by atoms with Crippen LogP contribution in [0.15, 0.2) is 18.2 Å². The van der Waals surface area contributed by atoms with Crippen LogP contribution in [0.4, 0.5) is 0 Å². The van der Waals surface area contributed by atoms with Gasteiger partial charge >= 0.3 is 0 Å². The van der Waals surface area contributed by atoms with Crippen LogP contribution in [0.1, 0.15) is 36.0 Å². The van der Waals surface area contributed by atoms with Crippen LogP contribution in [0.2, 0.25) is 10.0 Å². The molecule has 0 aliphatic carbocycles. The second-order valence-electron chi connectivity index (χ2n) is 6.34. The third-order valence-corrected chi connectivity index (χ3v) is 5.37. The summed E-state index contributed by atoms with van der Waals surface area (Å²) >= 11 is 11.9. The Morgan fingerprint density at radius 1 is 1.17 bits per heavy atom. The molecule has 0 spiro atoms. The van der Waals surface area contributed by atoms with Gasteiger partial charge in [-0.2, -0.15) is 0 Å². The molecule has 2 heterocycles. The maximum absolute atomic E-state index is 12.7. The highest BCUT2D eigenvalue weighted by atomic mass is 35.5. The van der Waals surface area contributed by atoms with Gasteiger partial charge in [-0.3, -0.25) is 9.59 Å². The molecule has 1 unspecified atom stereocenters. The van der Waals surface area contributed by atoms with Crippen molar-refractivity contribution < 1.29 is 9.59 Å². The predicted molar refractivity (Wildman–Crippen MR) is 94.6 cm³/mol. The van der Waals surface area contributed by atoms with Gasteiger partial charge in [-0.15, -0.1) is 0 Å². The summed E-state index contributed by atoms with van der Waals surface area (Å²) in [5.41, 5.74) is 0.462. The Bertz CT molecular complexity index is 632. The van der Waals surface area contributed by atoms with Crippen molar-refractivity contribution in [2.24, 2.45) is 0 Å². The van der Waals surface area contributed by atoms with Crippen LogP contribution in [0.25, 0.3) is 0 Å². The van der Waals surface area contributed by atoms with Crippen molar-refractivity contribution in [3.63, 3.8) is 0 Å². The van der Waals surface area contributed by atoms with Crippen molar-refractivity contribution in [3.8, 4) is 0 Å². The Balaban J connectivity index is 1.68. The zero-order chi connectivity index (χ0) is 17.1. The van der Waals surface area contributed by atoms with Gasteiger partial charge < -0.3 is 15.5 Å². The highest BCUT2D eigenvalue weighted by Gasteiger charge is 2.35. The van der Waals surface area contributed by atoms with E-state index in [1.165, 1.54) is 0 Å². The maximum Gasteiger partial charge on any atom is 0.254 e. The second-order valence-corrected chi connectivity index (χ2v) is 7.15. The van der Waals surface area contributed by atoms with Crippen molar-refractivity contribution in [2.75, 3.05) is 19.6 Å². The van der Waals surface area contributed by atoms with Gasteiger partial charge in [0.25, 0.3) is 5.91 Å². The molecule has 0 radical (unpaired) electrons. The third kappa shape index (κ3) is 3.85. The molecule has 3 rings (SSSR count). The number of rotatable bonds is 3. The predicted octanol–water partition coefficient (Wildman–Crippen LogP) is 2.47. The fourth-order valence-electron chi connectivity index (χ4n) is 3.35. The van der Waals surface area contributed by atoms with Gasteiger partial charge in [0.05, 0.1) is 10.0 Å². The molecule has 130 valence electrons. The summed E-state index contributed by atoms with van der Waals surface area (Å²) in [5, 5.41) is 7.11. The number of likely N-dealkylation sites (tertiary alicyclic amines) is 1. The zero-order valence-corrected chi connectivity index (χ0v) is 14.9. The average Bonchev–Trinajstić information content (AvgIpc) is 3.07. The molecule has 2 saturated heterocycles. The van der Waals surface area contributed by atoms with Crippen LogP contribution in [-0.4, -0.2) is 48.4 Å². The number of halogens is 2. The lowest BCUT2D eigenvalue weighted by Gasteiger charge is -2.28. The normalized spacial score (nSPS) is 24.0. The summed E-state index contributed by atoms with van der Waals surface area (Å²) in [7, 11) is 0. The monoisotopic (exact) mass is 369 g/mol. The first-order valence-corrected chi connectivity index (χ1v) is 9.09. The summed E-state index contributed by atoms with van der Waals surface area (Å²) in [6.07, 6.45) is 3.56. The van der Waals surface area contributed by atoms with E-state index in [4.69, 9.17) is 23.2 Å². The van der Waals surface area contributed by atoms with Crippen LogP contribution in [0, 0.1) is 0 Å². The molecule has 5 nitrogen and oxygen atoms in total. The molecule has 2 amide bonds. The molecule has 1 aromatic carbocycles. The number of carbonyl (C=O) groups is 2. The van der Waals surface area contributed by atoms with Crippen LogP contribution < -0.4 is 10.6 Å². The number of nitrogens with one attached hydrogen (secondary N) is 2. The van der Waals surface area contributed by atoms with Crippen LogP contribution in [0.3, 0.4) is 0 Å². The van der Waals surface area contributed by atoms with E-state index in [0.717, 1.165) is 32.4 Å². The molecule has 24 heavy (non-hydrogen) atoms. The van der Waals surface area contributed by atoms with E-state index in [1.807, 2.05) is 0 Å². The Hall–Kier alpha value is -1.30. The van der Waals surface area contributed by atoms with E-state index in [9.17, 15) is 9.59 Å². The number of carbonyl (C=O) groups excluding carboxylic acids is 2. The molecule has 2 N–H and O–H groups in total. The number of benzene rings is 1. The van der Waals surface area contributed by atoms with E-state index < -0.39 is 6.04 Å².